The molecule has 0 amide bonds. The third-order valence-corrected chi connectivity index (χ3v) is 5.20. The number of hydrogen-bond donors (Lipinski definition) is 1. The van der Waals surface area contributed by atoms with Crippen molar-refractivity contribution in [3.8, 4) is 17.2 Å². The molecule has 0 saturated carbocycles. The average molecular weight is 386 g/mol. The Kier molecular flexibility index (Phi) is 4.40. The van der Waals surface area contributed by atoms with Crippen LogP contribution in [0.2, 0.25) is 0 Å². The molecule has 146 valence electrons. The van der Waals surface area contributed by atoms with Gasteiger partial charge in [0.1, 0.15) is 11.5 Å². The highest BCUT2D eigenvalue weighted by Crippen LogP contribution is 2.24. The maximum Gasteiger partial charge on any atom is 0.156 e. The van der Waals surface area contributed by atoms with Crippen molar-refractivity contribution in [3.63, 3.8) is 0 Å². The third-order valence-electron chi connectivity index (χ3n) is 5.20. The molecule has 4 aromatic heterocycles. The lowest BCUT2D eigenvalue weighted by Gasteiger charge is -2.35. The van der Waals surface area contributed by atoms with E-state index in [1.807, 2.05) is 42.2 Å². The number of pyridine rings is 2. The van der Waals surface area contributed by atoms with Crippen LogP contribution in [-0.2, 0) is 0 Å². The molecule has 1 N–H and O–H groups in total. The molecule has 4 aromatic rings. The number of aromatic nitrogens is 6. The molecular weight excluding hydrogens is 364 g/mol. The van der Waals surface area contributed by atoms with E-state index in [0.717, 1.165) is 59.3 Å². The molecule has 1 fully saturated rings. The number of anilines is 1. The first-order chi connectivity index (χ1) is 14.2. The molecule has 1 atom stereocenters. The molecule has 1 saturated heterocycles. The molecule has 0 spiro atoms. The van der Waals surface area contributed by atoms with E-state index in [4.69, 9.17) is 4.98 Å². The summed E-state index contributed by atoms with van der Waals surface area (Å²) in [5, 5.41) is 8.95. The number of hydrogen-bond acceptors (Lipinski definition) is 7. The SMILES string of the molecule is Cc1cncc(-c2cc3c(cn2)cnn3-c2cccc(N3CCNCC3C)n2)n1. The van der Waals surface area contributed by atoms with E-state index in [9.17, 15) is 0 Å². The zero-order valence-corrected chi connectivity index (χ0v) is 16.4. The number of fused-ring (bicyclic) bond motifs is 1. The van der Waals surface area contributed by atoms with Gasteiger partial charge < -0.3 is 10.2 Å². The van der Waals surface area contributed by atoms with Crippen molar-refractivity contribution in [1.29, 1.82) is 0 Å². The van der Waals surface area contributed by atoms with Gasteiger partial charge in [-0.15, -0.1) is 0 Å². The summed E-state index contributed by atoms with van der Waals surface area (Å²) in [4.78, 5) is 20.5. The van der Waals surface area contributed by atoms with Gasteiger partial charge in [-0.2, -0.15) is 5.10 Å². The topological polar surface area (TPSA) is 84.7 Å². The first-order valence-corrected chi connectivity index (χ1v) is 9.76. The minimum Gasteiger partial charge on any atom is -0.351 e. The molecule has 1 unspecified atom stereocenters. The van der Waals surface area contributed by atoms with Gasteiger partial charge in [-0.1, -0.05) is 6.07 Å². The summed E-state index contributed by atoms with van der Waals surface area (Å²) in [7, 11) is 0. The fourth-order valence-corrected chi connectivity index (χ4v) is 3.70. The Morgan fingerprint density at radius 2 is 1.93 bits per heavy atom. The molecule has 0 bridgehead atoms. The molecule has 8 heteroatoms. The van der Waals surface area contributed by atoms with E-state index in [1.165, 1.54) is 0 Å². The van der Waals surface area contributed by atoms with Crippen molar-refractivity contribution in [1.82, 2.24) is 35.0 Å². The van der Waals surface area contributed by atoms with Crippen LogP contribution in [0.5, 0.6) is 0 Å². The zero-order valence-electron chi connectivity index (χ0n) is 16.4. The van der Waals surface area contributed by atoms with E-state index in [0.29, 0.717) is 6.04 Å². The van der Waals surface area contributed by atoms with Gasteiger partial charge in [0.15, 0.2) is 5.82 Å². The van der Waals surface area contributed by atoms with Crippen LogP contribution in [0.25, 0.3) is 28.1 Å². The van der Waals surface area contributed by atoms with Crippen LogP contribution in [0.1, 0.15) is 12.6 Å². The van der Waals surface area contributed by atoms with E-state index in [-0.39, 0.29) is 0 Å². The molecule has 5 heterocycles. The van der Waals surface area contributed by atoms with Crippen LogP contribution in [0.15, 0.2) is 49.1 Å². The Balaban J connectivity index is 1.57. The molecular formula is C21H22N8. The predicted octanol–water partition coefficient (Wildman–Crippen LogP) is 2.38. The second-order valence-corrected chi connectivity index (χ2v) is 7.33. The molecule has 0 aromatic carbocycles. The summed E-state index contributed by atoms with van der Waals surface area (Å²) >= 11 is 0. The molecule has 8 nitrogen and oxygen atoms in total. The van der Waals surface area contributed by atoms with E-state index in [2.05, 4.69) is 43.3 Å². The smallest absolute Gasteiger partial charge is 0.156 e. The van der Waals surface area contributed by atoms with Crippen LogP contribution < -0.4 is 10.2 Å². The lowest BCUT2D eigenvalue weighted by Crippen LogP contribution is -2.50. The highest BCUT2D eigenvalue weighted by atomic mass is 15.3. The Hall–Kier alpha value is -3.39. The van der Waals surface area contributed by atoms with Crippen molar-refractivity contribution >= 4 is 16.7 Å². The van der Waals surface area contributed by atoms with Crippen LogP contribution in [0, 0.1) is 6.92 Å². The Labute approximate surface area is 168 Å². The number of nitrogens with one attached hydrogen (secondary N) is 1. The Morgan fingerprint density at radius 3 is 2.79 bits per heavy atom. The minimum atomic E-state index is 0.400. The second-order valence-electron chi connectivity index (χ2n) is 7.33. The van der Waals surface area contributed by atoms with Crippen molar-refractivity contribution in [3.05, 3.63) is 54.7 Å². The quantitative estimate of drug-likeness (QED) is 0.579. The molecule has 0 radical (unpaired) electrons. The summed E-state index contributed by atoms with van der Waals surface area (Å²) in [5.74, 6) is 1.76. The summed E-state index contributed by atoms with van der Waals surface area (Å²) in [6.07, 6.45) is 7.10. The highest BCUT2D eigenvalue weighted by molar-refractivity contribution is 5.82. The van der Waals surface area contributed by atoms with Crippen LogP contribution in [0.4, 0.5) is 5.82 Å². The fraction of sp³-hybridized carbons (Fsp3) is 0.286. The Bertz CT molecular complexity index is 1170. The predicted molar refractivity (Wildman–Crippen MR) is 112 cm³/mol. The first-order valence-electron chi connectivity index (χ1n) is 9.76. The summed E-state index contributed by atoms with van der Waals surface area (Å²) in [6.45, 7) is 7.00. The van der Waals surface area contributed by atoms with Crippen molar-refractivity contribution < 1.29 is 0 Å². The third kappa shape index (κ3) is 3.31. The highest BCUT2D eigenvalue weighted by Gasteiger charge is 2.20. The van der Waals surface area contributed by atoms with E-state index in [1.54, 1.807) is 12.4 Å². The second kappa shape index (κ2) is 7.21. The maximum atomic E-state index is 4.91. The first kappa shape index (κ1) is 17.7. The van der Waals surface area contributed by atoms with Gasteiger partial charge in [0.05, 0.1) is 29.3 Å². The Morgan fingerprint density at radius 1 is 1.03 bits per heavy atom. The molecule has 29 heavy (non-hydrogen) atoms. The van der Waals surface area contributed by atoms with E-state index >= 15 is 0 Å². The van der Waals surface area contributed by atoms with Gasteiger partial charge in [0.2, 0.25) is 0 Å². The molecule has 1 aliphatic rings. The largest absolute Gasteiger partial charge is 0.351 e. The fourth-order valence-electron chi connectivity index (χ4n) is 3.70. The van der Waals surface area contributed by atoms with Gasteiger partial charge >= 0.3 is 0 Å². The van der Waals surface area contributed by atoms with Gasteiger partial charge in [-0.25, -0.2) is 14.6 Å². The maximum absolute atomic E-state index is 4.91. The number of piperazine rings is 1. The van der Waals surface area contributed by atoms with Gasteiger partial charge in [0, 0.05) is 43.5 Å². The normalized spacial score (nSPS) is 17.0. The van der Waals surface area contributed by atoms with E-state index < -0.39 is 0 Å². The van der Waals surface area contributed by atoms with Crippen molar-refractivity contribution in [2.24, 2.45) is 0 Å². The van der Waals surface area contributed by atoms with Crippen molar-refractivity contribution in [2.45, 2.75) is 19.9 Å². The number of rotatable bonds is 3. The molecule has 1 aliphatic heterocycles. The average Bonchev–Trinajstić information content (AvgIpc) is 3.17. The monoisotopic (exact) mass is 386 g/mol. The van der Waals surface area contributed by atoms with Crippen LogP contribution in [-0.4, -0.2) is 55.4 Å². The standard InChI is InChI=1S/C21H22N8/c1-14-9-23-13-18(26-14)17-8-19-16(11-24-17)12-25-29(19)21-5-3-4-20(27-21)28-7-6-22-10-15(28)2/h3-5,8-9,11-13,15,22H,6-7,10H2,1-2H3. The van der Waals surface area contributed by atoms with Crippen LogP contribution >= 0.6 is 0 Å². The minimum absolute atomic E-state index is 0.400. The summed E-state index contributed by atoms with van der Waals surface area (Å²) in [5.41, 5.74) is 3.31. The summed E-state index contributed by atoms with van der Waals surface area (Å²) in [6, 6.07) is 8.47. The van der Waals surface area contributed by atoms with Crippen LogP contribution in [0.3, 0.4) is 0 Å². The van der Waals surface area contributed by atoms with Gasteiger partial charge in [-0.05, 0) is 32.0 Å². The van der Waals surface area contributed by atoms with Gasteiger partial charge in [-0.3, -0.25) is 9.97 Å². The zero-order chi connectivity index (χ0) is 19.8. The summed E-state index contributed by atoms with van der Waals surface area (Å²) < 4.78 is 1.86. The lowest BCUT2D eigenvalue weighted by atomic mass is 10.2. The molecule has 0 aliphatic carbocycles. The van der Waals surface area contributed by atoms with Gasteiger partial charge in [0.25, 0.3) is 0 Å². The molecule has 5 rings (SSSR count). The van der Waals surface area contributed by atoms with Crippen molar-refractivity contribution in [2.75, 3.05) is 24.5 Å². The number of aryl methyl sites for hydroxylation is 1. The lowest BCUT2D eigenvalue weighted by molar-refractivity contribution is 0.497. The number of nitrogens with zero attached hydrogens (tertiary/aromatic N) is 7.